The number of amides is 1. The molecule has 0 bridgehead atoms. The largest absolute Gasteiger partial charge is 0.337 e. The van der Waals surface area contributed by atoms with Crippen LogP contribution in [0.25, 0.3) is 16.5 Å². The summed E-state index contributed by atoms with van der Waals surface area (Å²) in [5, 5.41) is 0. The lowest BCUT2D eigenvalue weighted by molar-refractivity contribution is -0.127. The van der Waals surface area contributed by atoms with Gasteiger partial charge >= 0.3 is 0 Å². The summed E-state index contributed by atoms with van der Waals surface area (Å²) in [6, 6.07) is 10.4. The van der Waals surface area contributed by atoms with E-state index in [-0.39, 0.29) is 17.5 Å². The van der Waals surface area contributed by atoms with Gasteiger partial charge in [-0.2, -0.15) is 0 Å². The second-order valence-corrected chi connectivity index (χ2v) is 10.2. The van der Waals surface area contributed by atoms with E-state index in [4.69, 9.17) is 0 Å². The molecule has 1 saturated heterocycles. The number of halogens is 1. The van der Waals surface area contributed by atoms with E-state index in [1.54, 1.807) is 35.3 Å². The molecule has 2 heterocycles. The van der Waals surface area contributed by atoms with Crippen molar-refractivity contribution in [3.63, 3.8) is 0 Å². The zero-order valence-corrected chi connectivity index (χ0v) is 17.3. The maximum atomic E-state index is 13.9. The first-order valence-corrected chi connectivity index (χ1v) is 11.9. The van der Waals surface area contributed by atoms with Gasteiger partial charge in [0.2, 0.25) is 5.91 Å². The van der Waals surface area contributed by atoms with Crippen LogP contribution in [0.2, 0.25) is 0 Å². The normalized spacial score (nSPS) is 16.0. The van der Waals surface area contributed by atoms with E-state index in [0.717, 1.165) is 9.75 Å². The van der Waals surface area contributed by atoms with E-state index in [9.17, 15) is 17.6 Å². The van der Waals surface area contributed by atoms with Crippen molar-refractivity contribution in [2.45, 2.75) is 0 Å². The molecular weight excluding hydrogens is 399 g/mol. The predicted octanol–water partition coefficient (Wildman–Crippen LogP) is 2.76. The number of sulfone groups is 1. The number of carbonyl (C=O) groups is 1. The molecule has 0 N–H and O–H groups in total. The van der Waals surface area contributed by atoms with Crippen LogP contribution in [0.4, 0.5) is 4.39 Å². The molecular formula is C20H23FN2O3S2. The number of carbonyl (C=O) groups excluding carboxylic acids is 1. The maximum absolute atomic E-state index is 13.9. The zero-order valence-electron chi connectivity index (χ0n) is 15.7. The van der Waals surface area contributed by atoms with Gasteiger partial charge in [-0.1, -0.05) is 18.2 Å². The summed E-state index contributed by atoms with van der Waals surface area (Å²) < 4.78 is 36.4. The molecule has 0 unspecified atom stereocenters. The summed E-state index contributed by atoms with van der Waals surface area (Å²) >= 11 is 1.44. The second kappa shape index (κ2) is 8.98. The Morgan fingerprint density at radius 3 is 2.54 bits per heavy atom. The number of rotatable bonds is 6. The molecule has 150 valence electrons. The quantitative estimate of drug-likeness (QED) is 0.672. The Morgan fingerprint density at radius 2 is 1.86 bits per heavy atom. The van der Waals surface area contributed by atoms with Crippen molar-refractivity contribution in [2.24, 2.45) is 0 Å². The molecule has 1 aliphatic heterocycles. The average molecular weight is 423 g/mol. The van der Waals surface area contributed by atoms with Crippen molar-refractivity contribution in [1.82, 2.24) is 9.80 Å². The highest BCUT2D eigenvalue weighted by Crippen LogP contribution is 2.30. The Balaban J connectivity index is 1.53. The minimum Gasteiger partial charge on any atom is -0.337 e. The molecule has 0 saturated carbocycles. The van der Waals surface area contributed by atoms with Crippen molar-refractivity contribution >= 4 is 33.2 Å². The zero-order chi connectivity index (χ0) is 20.1. The molecule has 0 radical (unpaired) electrons. The molecule has 28 heavy (non-hydrogen) atoms. The van der Waals surface area contributed by atoms with Gasteiger partial charge in [-0.25, -0.2) is 12.8 Å². The smallest absolute Gasteiger partial charge is 0.246 e. The first kappa shape index (κ1) is 20.7. The SMILES string of the molecule is CS(=O)(=O)CCN1CCN(C(=O)/C=C/c2ccc(-c3ccccc3F)s2)CC1. The molecule has 1 fully saturated rings. The van der Waals surface area contributed by atoms with Crippen molar-refractivity contribution in [3.05, 3.63) is 53.2 Å². The van der Waals surface area contributed by atoms with E-state index >= 15 is 0 Å². The molecule has 5 nitrogen and oxygen atoms in total. The molecule has 0 spiro atoms. The minimum absolute atomic E-state index is 0.0661. The van der Waals surface area contributed by atoms with Crippen LogP contribution >= 0.6 is 11.3 Å². The highest BCUT2D eigenvalue weighted by molar-refractivity contribution is 7.90. The van der Waals surface area contributed by atoms with Gasteiger partial charge in [0.1, 0.15) is 15.7 Å². The summed E-state index contributed by atoms with van der Waals surface area (Å²) in [6.45, 7) is 3.01. The molecule has 1 aromatic heterocycles. The number of hydrogen-bond donors (Lipinski definition) is 0. The predicted molar refractivity (Wildman–Crippen MR) is 111 cm³/mol. The Morgan fingerprint density at radius 1 is 1.14 bits per heavy atom. The lowest BCUT2D eigenvalue weighted by Crippen LogP contribution is -2.49. The van der Waals surface area contributed by atoms with Crippen LogP contribution < -0.4 is 0 Å². The molecule has 1 aromatic carbocycles. The van der Waals surface area contributed by atoms with E-state index in [1.807, 2.05) is 12.1 Å². The Labute approximate surface area is 169 Å². The molecule has 2 aromatic rings. The molecule has 1 amide bonds. The number of benzene rings is 1. The molecule has 3 rings (SSSR count). The summed E-state index contributed by atoms with van der Waals surface area (Å²) in [5.74, 6) is -0.183. The Kier molecular flexibility index (Phi) is 6.64. The van der Waals surface area contributed by atoms with Crippen molar-refractivity contribution in [1.29, 1.82) is 0 Å². The van der Waals surface area contributed by atoms with Gasteiger partial charge in [0, 0.05) is 60.4 Å². The van der Waals surface area contributed by atoms with Crippen LogP contribution in [0.1, 0.15) is 4.88 Å². The highest BCUT2D eigenvalue weighted by atomic mass is 32.2. The molecule has 1 aliphatic rings. The van der Waals surface area contributed by atoms with Crippen LogP contribution in [0.15, 0.2) is 42.5 Å². The van der Waals surface area contributed by atoms with E-state index in [1.165, 1.54) is 23.7 Å². The summed E-state index contributed by atoms with van der Waals surface area (Å²) in [6.07, 6.45) is 4.54. The number of piperazine rings is 1. The first-order chi connectivity index (χ1) is 13.3. The van der Waals surface area contributed by atoms with Gasteiger partial charge in [-0.15, -0.1) is 11.3 Å². The van der Waals surface area contributed by atoms with Crippen LogP contribution in [0.5, 0.6) is 0 Å². The van der Waals surface area contributed by atoms with Crippen molar-refractivity contribution < 1.29 is 17.6 Å². The summed E-state index contributed by atoms with van der Waals surface area (Å²) in [5.41, 5.74) is 0.559. The van der Waals surface area contributed by atoms with Crippen molar-refractivity contribution in [3.8, 4) is 10.4 Å². The Bertz CT molecular complexity index is 961. The molecule has 8 heteroatoms. The van der Waals surface area contributed by atoms with Crippen LogP contribution in [-0.2, 0) is 14.6 Å². The fraction of sp³-hybridized carbons (Fsp3) is 0.350. The fourth-order valence-electron chi connectivity index (χ4n) is 2.99. The Hall–Kier alpha value is -2.03. The van der Waals surface area contributed by atoms with Gasteiger partial charge in [0.25, 0.3) is 0 Å². The maximum Gasteiger partial charge on any atom is 0.246 e. The minimum atomic E-state index is -2.97. The van der Waals surface area contributed by atoms with E-state index < -0.39 is 9.84 Å². The van der Waals surface area contributed by atoms with Gasteiger partial charge in [0.05, 0.1) is 5.75 Å². The lowest BCUT2D eigenvalue weighted by Gasteiger charge is -2.34. The van der Waals surface area contributed by atoms with Gasteiger partial charge in [-0.05, 0) is 24.3 Å². The number of hydrogen-bond acceptors (Lipinski definition) is 5. The van der Waals surface area contributed by atoms with E-state index in [2.05, 4.69) is 4.90 Å². The van der Waals surface area contributed by atoms with E-state index in [0.29, 0.717) is 38.3 Å². The molecule has 0 atom stereocenters. The topological polar surface area (TPSA) is 57.7 Å². The van der Waals surface area contributed by atoms with Crippen LogP contribution in [-0.4, -0.2) is 68.9 Å². The van der Waals surface area contributed by atoms with Gasteiger partial charge in [0.15, 0.2) is 0 Å². The molecule has 0 aliphatic carbocycles. The fourth-order valence-corrected chi connectivity index (χ4v) is 4.52. The third kappa shape index (κ3) is 5.73. The third-order valence-corrected chi connectivity index (χ3v) is 6.63. The summed E-state index contributed by atoms with van der Waals surface area (Å²) in [7, 11) is -2.97. The average Bonchev–Trinajstić information content (AvgIpc) is 3.13. The number of nitrogens with zero attached hydrogens (tertiary/aromatic N) is 2. The monoisotopic (exact) mass is 422 g/mol. The standard InChI is InChI=1S/C20H23FN2O3S2/c1-28(25,26)15-14-22-10-12-23(13-11-22)20(24)9-7-16-6-8-19(27-16)17-4-2-3-5-18(17)21/h2-9H,10-15H2,1H3/b9-7+. The second-order valence-electron chi connectivity index (χ2n) is 6.81. The lowest BCUT2D eigenvalue weighted by atomic mass is 10.2. The van der Waals surface area contributed by atoms with Gasteiger partial charge in [-0.3, -0.25) is 9.69 Å². The first-order valence-electron chi connectivity index (χ1n) is 9.04. The third-order valence-electron chi connectivity index (χ3n) is 4.62. The van der Waals surface area contributed by atoms with Gasteiger partial charge < -0.3 is 4.90 Å². The highest BCUT2D eigenvalue weighted by Gasteiger charge is 2.20. The number of thiophene rings is 1. The van der Waals surface area contributed by atoms with Crippen LogP contribution in [0.3, 0.4) is 0 Å². The van der Waals surface area contributed by atoms with Crippen LogP contribution in [0, 0.1) is 5.82 Å². The van der Waals surface area contributed by atoms with Crippen molar-refractivity contribution in [2.75, 3.05) is 44.7 Å². The summed E-state index contributed by atoms with van der Waals surface area (Å²) in [4.78, 5) is 17.9.